The molecule has 0 bridgehead atoms. The van der Waals surface area contributed by atoms with Crippen molar-refractivity contribution in [3.8, 4) is 0 Å². The van der Waals surface area contributed by atoms with Gasteiger partial charge in [-0.2, -0.15) is 0 Å². The highest BCUT2D eigenvalue weighted by Crippen LogP contribution is 2.26. The van der Waals surface area contributed by atoms with Crippen LogP contribution in [0.3, 0.4) is 0 Å². The second-order valence-corrected chi connectivity index (χ2v) is 6.59. The number of hydrogen-bond acceptors (Lipinski definition) is 2. The van der Waals surface area contributed by atoms with Gasteiger partial charge in [-0.15, -0.1) is 0 Å². The van der Waals surface area contributed by atoms with Crippen LogP contribution in [0.25, 0.3) is 0 Å². The van der Waals surface area contributed by atoms with Crippen LogP contribution in [0.15, 0.2) is 22.7 Å². The van der Waals surface area contributed by atoms with Crippen molar-refractivity contribution in [1.82, 2.24) is 5.32 Å². The minimum atomic E-state index is 0.607. The number of aryl methyl sites for hydroxylation is 1. The average Bonchev–Trinajstić information content (AvgIpc) is 2.63. The minimum absolute atomic E-state index is 0.607. The van der Waals surface area contributed by atoms with E-state index in [1.807, 2.05) is 0 Å². The largest absolute Gasteiger partial charge is 0.370 e. The Morgan fingerprint density at radius 1 is 1.47 bits per heavy atom. The molecule has 0 saturated carbocycles. The Bertz CT molecular complexity index is 419. The third kappa shape index (κ3) is 3.73. The zero-order valence-corrected chi connectivity index (χ0v) is 13.8. The number of nitrogens with zero attached hydrogens (tertiary/aromatic N) is 1. The summed E-state index contributed by atoms with van der Waals surface area (Å²) in [5.41, 5.74) is 2.75. The molecule has 1 aliphatic heterocycles. The first-order valence-electron chi connectivity index (χ1n) is 7.36. The van der Waals surface area contributed by atoms with Crippen molar-refractivity contribution in [3.63, 3.8) is 0 Å². The van der Waals surface area contributed by atoms with Crippen molar-refractivity contribution in [3.05, 3.63) is 28.2 Å². The van der Waals surface area contributed by atoms with Gasteiger partial charge in [0.05, 0.1) is 0 Å². The molecule has 1 N–H and O–H groups in total. The van der Waals surface area contributed by atoms with Crippen molar-refractivity contribution >= 4 is 21.6 Å². The minimum Gasteiger partial charge on any atom is -0.370 e. The molecule has 1 fully saturated rings. The number of halogens is 1. The van der Waals surface area contributed by atoms with Crippen molar-refractivity contribution in [2.45, 2.75) is 39.7 Å². The highest BCUT2D eigenvalue weighted by Gasteiger charge is 2.22. The molecule has 0 aliphatic carbocycles. The molecule has 1 aromatic carbocycles. The number of benzene rings is 1. The Morgan fingerprint density at radius 2 is 2.26 bits per heavy atom. The molecule has 0 spiro atoms. The smallest absolute Gasteiger partial charge is 0.0397 e. The number of nitrogens with one attached hydrogen (secondary N) is 1. The summed E-state index contributed by atoms with van der Waals surface area (Å²) in [4.78, 5) is 2.55. The quantitative estimate of drug-likeness (QED) is 0.904. The van der Waals surface area contributed by atoms with Crippen LogP contribution in [0.5, 0.6) is 0 Å². The van der Waals surface area contributed by atoms with E-state index in [2.05, 4.69) is 65.1 Å². The molecule has 3 heteroatoms. The Labute approximate surface area is 125 Å². The molecule has 0 aromatic heterocycles. The van der Waals surface area contributed by atoms with Gasteiger partial charge in [-0.05, 0) is 49.6 Å². The summed E-state index contributed by atoms with van der Waals surface area (Å²) >= 11 is 3.55. The molecule has 2 unspecified atom stereocenters. The summed E-state index contributed by atoms with van der Waals surface area (Å²) in [7, 11) is 0. The van der Waals surface area contributed by atoms with Crippen LogP contribution >= 0.6 is 15.9 Å². The molecule has 0 radical (unpaired) electrons. The normalized spacial score (nSPS) is 22.1. The van der Waals surface area contributed by atoms with E-state index in [0.717, 1.165) is 25.6 Å². The maximum Gasteiger partial charge on any atom is 0.0397 e. The Hall–Kier alpha value is -0.540. The van der Waals surface area contributed by atoms with Crippen LogP contribution in [0.4, 0.5) is 5.69 Å². The van der Waals surface area contributed by atoms with Crippen molar-refractivity contribution in [2.75, 3.05) is 24.5 Å². The fraction of sp³-hybridized carbons (Fsp3) is 0.625. The molecule has 1 aliphatic rings. The zero-order chi connectivity index (χ0) is 13.8. The van der Waals surface area contributed by atoms with Gasteiger partial charge in [-0.1, -0.05) is 36.2 Å². The van der Waals surface area contributed by atoms with Crippen LogP contribution < -0.4 is 10.2 Å². The van der Waals surface area contributed by atoms with E-state index in [-0.39, 0.29) is 0 Å². The maximum absolute atomic E-state index is 3.71. The van der Waals surface area contributed by atoms with Gasteiger partial charge < -0.3 is 10.2 Å². The molecular weight excluding hydrogens is 300 g/mol. The van der Waals surface area contributed by atoms with Crippen molar-refractivity contribution < 1.29 is 0 Å². The van der Waals surface area contributed by atoms with Gasteiger partial charge in [0.2, 0.25) is 0 Å². The van der Waals surface area contributed by atoms with Crippen LogP contribution in [0.1, 0.15) is 32.3 Å². The first-order chi connectivity index (χ1) is 9.11. The molecule has 1 saturated heterocycles. The molecule has 2 rings (SSSR count). The van der Waals surface area contributed by atoms with E-state index in [1.165, 1.54) is 28.6 Å². The fourth-order valence-electron chi connectivity index (χ4n) is 2.81. The molecule has 2 atom stereocenters. The lowest BCUT2D eigenvalue weighted by Gasteiger charge is -2.30. The SMILES string of the molecule is CCC(C)C1CN(c2ccc(Br)cc2C)CCCN1. The van der Waals surface area contributed by atoms with Gasteiger partial charge in [0.1, 0.15) is 0 Å². The van der Waals surface area contributed by atoms with E-state index in [0.29, 0.717) is 6.04 Å². The summed E-state index contributed by atoms with van der Waals surface area (Å²) in [6.45, 7) is 10.3. The molecular formula is C16H25BrN2. The van der Waals surface area contributed by atoms with Crippen LogP contribution in [0.2, 0.25) is 0 Å². The number of rotatable bonds is 3. The lowest BCUT2D eigenvalue weighted by atomic mass is 9.98. The summed E-state index contributed by atoms with van der Waals surface area (Å²) in [6.07, 6.45) is 2.47. The van der Waals surface area contributed by atoms with Gasteiger partial charge in [0.25, 0.3) is 0 Å². The van der Waals surface area contributed by atoms with Crippen LogP contribution in [-0.2, 0) is 0 Å². The summed E-state index contributed by atoms with van der Waals surface area (Å²) < 4.78 is 1.17. The van der Waals surface area contributed by atoms with E-state index in [1.54, 1.807) is 0 Å². The predicted molar refractivity (Wildman–Crippen MR) is 87.0 cm³/mol. The van der Waals surface area contributed by atoms with Gasteiger partial charge in [-0.3, -0.25) is 0 Å². The van der Waals surface area contributed by atoms with Gasteiger partial charge in [-0.25, -0.2) is 0 Å². The Kier molecular flexibility index (Phi) is 5.28. The standard InChI is InChI=1S/C16H25BrN2/c1-4-12(2)15-11-19(9-5-8-18-15)16-7-6-14(17)10-13(16)3/h6-7,10,12,15,18H,4-5,8-9,11H2,1-3H3. The third-order valence-electron chi connectivity index (χ3n) is 4.26. The molecule has 1 aromatic rings. The van der Waals surface area contributed by atoms with Crippen LogP contribution in [0, 0.1) is 12.8 Å². The van der Waals surface area contributed by atoms with E-state index in [4.69, 9.17) is 0 Å². The van der Waals surface area contributed by atoms with E-state index in [9.17, 15) is 0 Å². The Balaban J connectivity index is 2.17. The number of anilines is 1. The van der Waals surface area contributed by atoms with E-state index < -0.39 is 0 Å². The predicted octanol–water partition coefficient (Wildman–Crippen LogP) is 3.97. The van der Waals surface area contributed by atoms with Crippen LogP contribution in [-0.4, -0.2) is 25.7 Å². The first-order valence-corrected chi connectivity index (χ1v) is 8.15. The second kappa shape index (κ2) is 6.76. The summed E-state index contributed by atoms with van der Waals surface area (Å²) in [5, 5.41) is 3.71. The van der Waals surface area contributed by atoms with Gasteiger partial charge >= 0.3 is 0 Å². The van der Waals surface area contributed by atoms with Gasteiger partial charge in [0, 0.05) is 29.3 Å². The lowest BCUT2D eigenvalue weighted by molar-refractivity contribution is 0.384. The lowest BCUT2D eigenvalue weighted by Crippen LogP contribution is -2.42. The molecule has 19 heavy (non-hydrogen) atoms. The molecule has 106 valence electrons. The average molecular weight is 325 g/mol. The summed E-state index contributed by atoms with van der Waals surface area (Å²) in [6, 6.07) is 7.22. The third-order valence-corrected chi connectivity index (χ3v) is 4.75. The molecule has 2 nitrogen and oxygen atoms in total. The zero-order valence-electron chi connectivity index (χ0n) is 12.2. The van der Waals surface area contributed by atoms with Crippen molar-refractivity contribution in [2.24, 2.45) is 5.92 Å². The molecule has 0 amide bonds. The fourth-order valence-corrected chi connectivity index (χ4v) is 3.28. The maximum atomic E-state index is 3.71. The highest BCUT2D eigenvalue weighted by atomic mass is 79.9. The second-order valence-electron chi connectivity index (χ2n) is 5.68. The summed E-state index contributed by atoms with van der Waals surface area (Å²) in [5.74, 6) is 0.733. The number of hydrogen-bond donors (Lipinski definition) is 1. The monoisotopic (exact) mass is 324 g/mol. The molecule has 1 heterocycles. The topological polar surface area (TPSA) is 15.3 Å². The van der Waals surface area contributed by atoms with E-state index >= 15 is 0 Å². The Morgan fingerprint density at radius 3 is 2.95 bits per heavy atom. The van der Waals surface area contributed by atoms with Gasteiger partial charge in [0.15, 0.2) is 0 Å². The first kappa shape index (κ1) is 14.9. The highest BCUT2D eigenvalue weighted by molar-refractivity contribution is 9.10. The van der Waals surface area contributed by atoms with Crippen molar-refractivity contribution in [1.29, 1.82) is 0 Å².